The summed E-state index contributed by atoms with van der Waals surface area (Å²) in [5.41, 5.74) is 39.4. The lowest BCUT2D eigenvalue weighted by Gasteiger charge is -2.22. The molecule has 0 bridgehead atoms. The normalized spacial score (nSPS) is 13.6. The molecule has 0 aliphatic heterocycles. The summed E-state index contributed by atoms with van der Waals surface area (Å²) in [6.07, 6.45) is 0.909. The van der Waals surface area contributed by atoms with E-state index in [4.69, 9.17) is 11.0 Å². The van der Waals surface area contributed by atoms with Crippen molar-refractivity contribution < 1.29 is 33.8 Å². The van der Waals surface area contributed by atoms with E-state index in [0.717, 1.165) is 77.7 Å². The van der Waals surface area contributed by atoms with Gasteiger partial charge >= 0.3 is 0 Å². The van der Waals surface area contributed by atoms with E-state index in [1.54, 1.807) is 12.1 Å². The largest absolute Gasteiger partial charge is 0.338 e. The Morgan fingerprint density at radius 3 is 1.26 bits per heavy atom. The summed E-state index contributed by atoms with van der Waals surface area (Å²) in [5.74, 6) is -1.72. The van der Waals surface area contributed by atoms with E-state index in [9.17, 15) is 0 Å². The third-order valence-corrected chi connectivity index (χ3v) is 26.2. The Morgan fingerprint density at radius 1 is 0.317 bits per heavy atom. The summed E-state index contributed by atoms with van der Waals surface area (Å²) in [7, 11) is 10.3. The van der Waals surface area contributed by atoms with Crippen LogP contribution in [0.3, 0.4) is 0 Å². The maximum absolute atomic E-state index is 8.53. The number of nitrogens with zero attached hydrogens (tertiary/aromatic N) is 6. The van der Waals surface area contributed by atoms with Gasteiger partial charge in [0, 0.05) is 89.9 Å². The summed E-state index contributed by atoms with van der Waals surface area (Å²) in [5, 5.41) is 14.6. The standard InChI is InChI=1S/C28H29N2.C28H28N.C22H26N.C20H22N.C19H20N/c1-17(2)30-26-10-8-7-9-23(26)25-14-19(4)24(16-27(25)30)28-22-12-11-18(3)13-21(22)15-20(5)29(28)6;1-17-11-12-21-20(13-17)15-19(3)29(6)27(21)23-16-26-24(14-18(23)2)22-9-7-8-10-25(22)28(26,4)5;1-14(2)19-12-16(4)17(5)21(13-19)22-20-8-7-15(3)11-18(20)9-10-23(22)6;1-13-6-7-18-17(11-13)8-9-21(5)20(18)19-12-14(2)10-15(3)16(19)4;1-13-9-10-18-16(11-13)12-15(3)20(4)19(18)17-8-6-5-7-14(17)2/h7-17H,1-6H3;7-16H,1-6H3;7-14H,1-6H3;6-12H,1-5H3;5-12H,1-4H3/q5*+1/i;;1D3,10D,14D;9D;6D,7D. The highest BCUT2D eigenvalue weighted by Crippen LogP contribution is 2.51. The van der Waals surface area contributed by atoms with Crippen molar-refractivity contribution in [3.8, 4) is 67.4 Å². The summed E-state index contributed by atoms with van der Waals surface area (Å²) < 4.78 is 77.8. The molecule has 12 aromatic carbocycles. The van der Waals surface area contributed by atoms with E-state index in [1.165, 1.54) is 173 Å². The average Bonchev–Trinajstić information content (AvgIpc) is 1.59. The van der Waals surface area contributed by atoms with E-state index in [0.29, 0.717) is 36.0 Å². The van der Waals surface area contributed by atoms with Gasteiger partial charge in [-0.1, -0.05) is 200 Å². The van der Waals surface area contributed by atoms with Crippen molar-refractivity contribution in [2.24, 2.45) is 35.2 Å². The molecule has 123 heavy (non-hydrogen) atoms. The maximum atomic E-state index is 8.53. The Hall–Kier alpha value is -12.5. The number of hydrogen-bond donors (Lipinski definition) is 0. The average molecular weight is 1620 g/mol. The van der Waals surface area contributed by atoms with Crippen molar-refractivity contribution in [3.05, 3.63) is 361 Å². The molecule has 19 rings (SSSR count). The molecular formula is C117H125N6+5. The van der Waals surface area contributed by atoms with Gasteiger partial charge in [0.25, 0.3) is 0 Å². The molecular weight excluding hydrogens is 1490 g/mol. The van der Waals surface area contributed by atoms with E-state index < -0.39 is 12.7 Å². The van der Waals surface area contributed by atoms with Gasteiger partial charge in [0.2, 0.25) is 28.5 Å². The topological polar surface area (TPSA) is 24.3 Å². The number of para-hydroxylation sites is 1. The zero-order valence-corrected chi connectivity index (χ0v) is 77.2. The lowest BCUT2D eigenvalue weighted by Crippen LogP contribution is -2.35. The molecule has 0 amide bonds. The second-order valence-electron chi connectivity index (χ2n) is 35.9. The van der Waals surface area contributed by atoms with Crippen LogP contribution in [0.4, 0.5) is 0 Å². The molecule has 1 unspecified atom stereocenters. The first kappa shape index (κ1) is 75.5. The minimum absolute atomic E-state index is 0.0170. The van der Waals surface area contributed by atoms with Gasteiger partial charge in [-0.05, 0) is 276 Å². The number of hydrogen-bond acceptors (Lipinski definition) is 0. The molecule has 0 N–H and O–H groups in total. The second-order valence-corrected chi connectivity index (χ2v) is 35.9. The van der Waals surface area contributed by atoms with Gasteiger partial charge in [-0.25, -0.2) is 9.13 Å². The van der Waals surface area contributed by atoms with Gasteiger partial charge in [0.15, 0.2) is 29.4 Å². The van der Waals surface area contributed by atoms with Crippen molar-refractivity contribution >= 4 is 75.7 Å². The first-order valence-corrected chi connectivity index (χ1v) is 43.3. The molecule has 6 nitrogen and oxygen atoms in total. The minimum Gasteiger partial charge on any atom is -0.338 e. The zero-order valence-electron chi connectivity index (χ0n) is 85.2. The minimum atomic E-state index is -2.44. The van der Waals surface area contributed by atoms with E-state index >= 15 is 0 Å². The summed E-state index contributed by atoms with van der Waals surface area (Å²) in [4.78, 5) is 0. The summed E-state index contributed by atoms with van der Waals surface area (Å²) >= 11 is 0. The number of aromatic nitrogens is 6. The molecule has 0 saturated carbocycles. The monoisotopic (exact) mass is 1620 g/mol. The number of benzene rings is 12. The van der Waals surface area contributed by atoms with Crippen LogP contribution < -0.4 is 22.8 Å². The molecule has 1 atom stereocenters. The predicted octanol–water partition coefficient (Wildman–Crippen LogP) is 27.7. The fraction of sp³-hybridized carbons (Fsp3) is 0.256. The fourth-order valence-electron chi connectivity index (χ4n) is 19.0. The molecule has 0 spiro atoms. The molecule has 6 heteroatoms. The van der Waals surface area contributed by atoms with Crippen LogP contribution in [0.2, 0.25) is 0 Å². The smallest absolute Gasteiger partial charge is 0.220 e. The van der Waals surface area contributed by atoms with E-state index in [1.807, 2.05) is 94.4 Å². The summed E-state index contributed by atoms with van der Waals surface area (Å²) in [6.45, 7) is 42.2. The highest BCUT2D eigenvalue weighted by atomic mass is 15.0. The predicted molar refractivity (Wildman–Crippen MR) is 524 cm³/mol. The van der Waals surface area contributed by atoms with Crippen molar-refractivity contribution in [2.45, 2.75) is 170 Å². The van der Waals surface area contributed by atoms with Gasteiger partial charge in [0.05, 0.1) is 57.4 Å². The zero-order chi connectivity index (χ0) is 94.7. The van der Waals surface area contributed by atoms with Crippen LogP contribution in [0, 0.1) is 111 Å². The lowest BCUT2D eigenvalue weighted by molar-refractivity contribution is -0.665. The SMILES string of the molecule is Cc1ccc2c(-c3cc4c(cc3C)-c3ccccc3C4(C)C)[n+](C)c(C)cc2c1.Cc1ccc2c(-c3cc4c(cc3C)c3ccccc3n4C(C)C)[n+](C)c(C)cc2c1.[2H]c1cc([2H])c(C)c(-c2c3ccc(C)cc3cc(C)[n+]2C)c1.[2H]c1cc2cc(C)ccc2c(-c2cc(C([2H])(C)C([2H])([2H])[2H])cc(C)c2C)[n+]1C.[2H]c1cc2cc(C)ccc2c(-c2cc(C)cc(C)c2C)[n+]1C. The summed E-state index contributed by atoms with van der Waals surface area (Å²) in [6, 6.07) is 83.3. The molecule has 1 aliphatic carbocycles. The number of rotatable bonds is 7. The quantitative estimate of drug-likeness (QED) is 0.142. The maximum Gasteiger partial charge on any atom is 0.220 e. The lowest BCUT2D eigenvalue weighted by atomic mass is 9.81. The highest BCUT2D eigenvalue weighted by Gasteiger charge is 2.37. The van der Waals surface area contributed by atoms with Gasteiger partial charge < -0.3 is 4.57 Å². The van der Waals surface area contributed by atoms with Crippen LogP contribution in [0.5, 0.6) is 0 Å². The first-order valence-electron chi connectivity index (χ1n) is 47.3. The van der Waals surface area contributed by atoms with Crippen LogP contribution >= 0.6 is 0 Å². The van der Waals surface area contributed by atoms with Crippen molar-refractivity contribution in [3.63, 3.8) is 0 Å². The van der Waals surface area contributed by atoms with Gasteiger partial charge in [-0.15, -0.1) is 0 Å². The second kappa shape index (κ2) is 34.1. The number of fused-ring (bicyclic) bond motifs is 11. The third kappa shape index (κ3) is 16.2. The van der Waals surface area contributed by atoms with Crippen LogP contribution in [0.1, 0.15) is 170 Å². The van der Waals surface area contributed by atoms with Crippen LogP contribution in [-0.4, -0.2) is 4.57 Å². The van der Waals surface area contributed by atoms with E-state index in [2.05, 4.69) is 325 Å². The molecule has 6 aromatic heterocycles. The Labute approximate surface area is 743 Å². The Morgan fingerprint density at radius 2 is 0.756 bits per heavy atom. The van der Waals surface area contributed by atoms with Crippen molar-refractivity contribution in [1.82, 2.24) is 4.57 Å². The molecule has 0 fully saturated rings. The molecule has 6 heterocycles. The molecule has 0 radical (unpaired) electrons. The highest BCUT2D eigenvalue weighted by molar-refractivity contribution is 6.10. The van der Waals surface area contributed by atoms with Crippen LogP contribution in [0.25, 0.3) is 143 Å². The number of aryl methyl sites for hydroxylation is 13. The molecule has 1 aliphatic rings. The van der Waals surface area contributed by atoms with Crippen molar-refractivity contribution in [2.75, 3.05) is 0 Å². The van der Waals surface area contributed by atoms with Gasteiger partial charge in [-0.3, -0.25) is 0 Å². The number of pyridine rings is 5. The Kier molecular flexibility index (Phi) is 20.9. The third-order valence-electron chi connectivity index (χ3n) is 26.2. The van der Waals surface area contributed by atoms with Crippen LogP contribution in [0.15, 0.2) is 255 Å². The Balaban J connectivity index is 0.000000126. The van der Waals surface area contributed by atoms with Gasteiger partial charge in [-0.2, -0.15) is 13.7 Å². The van der Waals surface area contributed by atoms with Crippen molar-refractivity contribution in [1.29, 1.82) is 0 Å². The molecule has 618 valence electrons. The van der Waals surface area contributed by atoms with Gasteiger partial charge in [0.1, 0.15) is 38.0 Å². The molecule has 18 aromatic rings. The first-order chi connectivity index (χ1) is 61.7. The molecule has 0 saturated heterocycles. The fourth-order valence-corrected chi connectivity index (χ4v) is 19.0. The van der Waals surface area contributed by atoms with E-state index in [-0.39, 0.29) is 5.41 Å². The Bertz CT molecular complexity index is 7580. The van der Waals surface area contributed by atoms with Crippen LogP contribution in [-0.2, 0) is 40.7 Å².